The number of H-pyrrole nitrogens is 1. The molecule has 1 aliphatic carbocycles. The van der Waals surface area contributed by atoms with Gasteiger partial charge in [-0.3, -0.25) is 5.10 Å². The predicted molar refractivity (Wildman–Crippen MR) is 156 cm³/mol. The van der Waals surface area contributed by atoms with E-state index in [2.05, 4.69) is 77.5 Å². The average molecular weight is 525 g/mol. The summed E-state index contributed by atoms with van der Waals surface area (Å²) < 4.78 is 2.20. The van der Waals surface area contributed by atoms with Crippen molar-refractivity contribution < 1.29 is 0 Å². The van der Waals surface area contributed by atoms with Crippen LogP contribution in [-0.4, -0.2) is 49.6 Å². The van der Waals surface area contributed by atoms with E-state index < -0.39 is 0 Å². The van der Waals surface area contributed by atoms with E-state index >= 15 is 0 Å². The van der Waals surface area contributed by atoms with Gasteiger partial charge < -0.3 is 9.80 Å². The summed E-state index contributed by atoms with van der Waals surface area (Å²) in [5.41, 5.74) is 8.35. The molecular formula is C31H40N8. The highest BCUT2D eigenvalue weighted by Gasteiger charge is 2.34. The Labute approximate surface area is 230 Å². The number of aromatic amines is 1. The number of anilines is 2. The zero-order chi connectivity index (χ0) is 26.9. The van der Waals surface area contributed by atoms with Crippen molar-refractivity contribution in [3.05, 3.63) is 46.4 Å². The van der Waals surface area contributed by atoms with Crippen LogP contribution in [0.3, 0.4) is 0 Å². The van der Waals surface area contributed by atoms with Crippen molar-refractivity contribution in [2.45, 2.75) is 85.7 Å². The molecule has 39 heavy (non-hydrogen) atoms. The summed E-state index contributed by atoms with van der Waals surface area (Å²) in [6.07, 6.45) is 5.89. The van der Waals surface area contributed by atoms with Gasteiger partial charge in [0.05, 0.1) is 22.6 Å². The van der Waals surface area contributed by atoms with Crippen LogP contribution >= 0.6 is 0 Å². The van der Waals surface area contributed by atoms with E-state index in [1.165, 1.54) is 54.0 Å². The normalized spacial score (nSPS) is 19.1. The van der Waals surface area contributed by atoms with Gasteiger partial charge in [0.25, 0.3) is 0 Å². The maximum atomic E-state index is 5.42. The molecule has 8 heteroatoms. The average Bonchev–Trinajstić information content (AvgIpc) is 3.58. The molecule has 0 amide bonds. The standard InChI is InChI=1S/C31H40N8/c1-6-39-26(16-25(36-39)21-9-10-21)37-15-12-23-22(17-37)30(38-14-7-13-31(4,5)18-38)33-29(32-23)27-19(2)8-11-24-28(27)20(3)34-35-24/h8,11,16,21H,6-7,9-10,12-15,17-18H2,1-5H3,(H,34,35). The Morgan fingerprint density at radius 2 is 1.92 bits per heavy atom. The number of hydrogen-bond acceptors (Lipinski definition) is 6. The van der Waals surface area contributed by atoms with Crippen molar-refractivity contribution in [2.75, 3.05) is 29.4 Å². The number of benzene rings is 1. The molecule has 204 valence electrons. The monoisotopic (exact) mass is 524 g/mol. The molecule has 1 aromatic carbocycles. The number of fused-ring (bicyclic) bond motifs is 2. The van der Waals surface area contributed by atoms with Crippen LogP contribution < -0.4 is 9.80 Å². The molecule has 1 N–H and O–H groups in total. The van der Waals surface area contributed by atoms with Crippen LogP contribution in [-0.2, 0) is 19.5 Å². The Kier molecular flexibility index (Phi) is 5.72. The molecule has 7 rings (SSSR count). The molecule has 4 aromatic rings. The SMILES string of the molecule is CCn1nc(C2CC2)cc1N1CCc2nc(-c3c(C)ccc4[nH]nc(C)c34)nc(N3CCCC(C)(C)C3)c2C1. The molecule has 1 saturated carbocycles. The Balaban J connectivity index is 1.35. The Bertz CT molecular complexity index is 1560. The first-order chi connectivity index (χ1) is 18.8. The van der Waals surface area contributed by atoms with Gasteiger partial charge in [-0.05, 0) is 63.5 Å². The van der Waals surface area contributed by atoms with Crippen LogP contribution in [0.1, 0.15) is 80.6 Å². The number of aromatic nitrogens is 6. The highest BCUT2D eigenvalue weighted by molar-refractivity contribution is 5.96. The highest BCUT2D eigenvalue weighted by Crippen LogP contribution is 2.42. The number of aryl methyl sites for hydroxylation is 3. The van der Waals surface area contributed by atoms with E-state index in [0.29, 0.717) is 5.92 Å². The summed E-state index contributed by atoms with van der Waals surface area (Å²) in [4.78, 5) is 15.8. The third kappa shape index (κ3) is 4.28. The van der Waals surface area contributed by atoms with Crippen LogP contribution in [0.2, 0.25) is 0 Å². The van der Waals surface area contributed by atoms with Crippen molar-refractivity contribution in [3.63, 3.8) is 0 Å². The first-order valence-electron chi connectivity index (χ1n) is 14.7. The molecule has 0 atom stereocenters. The molecule has 2 fully saturated rings. The predicted octanol–water partition coefficient (Wildman–Crippen LogP) is 5.92. The van der Waals surface area contributed by atoms with Gasteiger partial charge in [0, 0.05) is 67.6 Å². The minimum absolute atomic E-state index is 0.266. The summed E-state index contributed by atoms with van der Waals surface area (Å²) in [6, 6.07) is 6.62. The van der Waals surface area contributed by atoms with E-state index in [1.807, 2.05) is 0 Å². The molecule has 3 aliphatic rings. The summed E-state index contributed by atoms with van der Waals surface area (Å²) in [6.45, 7) is 15.9. The number of piperidine rings is 1. The maximum Gasteiger partial charge on any atom is 0.162 e. The van der Waals surface area contributed by atoms with Gasteiger partial charge >= 0.3 is 0 Å². The van der Waals surface area contributed by atoms with Gasteiger partial charge in [0.1, 0.15) is 11.6 Å². The molecule has 8 nitrogen and oxygen atoms in total. The Hall–Kier alpha value is -3.42. The fourth-order valence-electron chi connectivity index (χ4n) is 6.73. The second-order valence-electron chi connectivity index (χ2n) is 12.7. The van der Waals surface area contributed by atoms with Crippen LogP contribution in [0.5, 0.6) is 0 Å². The molecule has 0 unspecified atom stereocenters. The summed E-state index contributed by atoms with van der Waals surface area (Å²) >= 11 is 0. The Morgan fingerprint density at radius 1 is 1.08 bits per heavy atom. The quantitative estimate of drug-likeness (QED) is 0.349. The van der Waals surface area contributed by atoms with Gasteiger partial charge in [-0.1, -0.05) is 19.9 Å². The lowest BCUT2D eigenvalue weighted by molar-refractivity contribution is 0.291. The lowest BCUT2D eigenvalue weighted by Gasteiger charge is -2.41. The molecule has 1 saturated heterocycles. The highest BCUT2D eigenvalue weighted by atomic mass is 15.4. The lowest BCUT2D eigenvalue weighted by Crippen LogP contribution is -2.42. The zero-order valence-electron chi connectivity index (χ0n) is 24.0. The summed E-state index contributed by atoms with van der Waals surface area (Å²) in [7, 11) is 0. The van der Waals surface area contributed by atoms with E-state index in [1.54, 1.807) is 0 Å². The molecule has 2 aliphatic heterocycles. The second-order valence-corrected chi connectivity index (χ2v) is 12.7. The van der Waals surface area contributed by atoms with Gasteiger partial charge in [-0.25, -0.2) is 14.6 Å². The third-order valence-corrected chi connectivity index (χ3v) is 8.98. The lowest BCUT2D eigenvalue weighted by atomic mass is 9.84. The number of nitrogens with zero attached hydrogens (tertiary/aromatic N) is 7. The van der Waals surface area contributed by atoms with Crippen LogP contribution in [0.25, 0.3) is 22.3 Å². The molecule has 5 heterocycles. The van der Waals surface area contributed by atoms with E-state index in [-0.39, 0.29) is 5.41 Å². The first-order valence-corrected chi connectivity index (χ1v) is 14.7. The van der Waals surface area contributed by atoms with Gasteiger partial charge in [-0.2, -0.15) is 10.2 Å². The largest absolute Gasteiger partial charge is 0.356 e. The van der Waals surface area contributed by atoms with Crippen LogP contribution in [0, 0.1) is 19.3 Å². The van der Waals surface area contributed by atoms with Gasteiger partial charge in [-0.15, -0.1) is 0 Å². The molecule has 3 aromatic heterocycles. The minimum Gasteiger partial charge on any atom is -0.356 e. The molecule has 0 bridgehead atoms. The van der Waals surface area contributed by atoms with Crippen LogP contribution in [0.4, 0.5) is 11.6 Å². The fourth-order valence-corrected chi connectivity index (χ4v) is 6.73. The Morgan fingerprint density at radius 3 is 2.69 bits per heavy atom. The van der Waals surface area contributed by atoms with Gasteiger partial charge in [0.2, 0.25) is 0 Å². The maximum absolute atomic E-state index is 5.42. The topological polar surface area (TPSA) is 78.8 Å². The molecule has 0 spiro atoms. The molecular weight excluding hydrogens is 484 g/mol. The first kappa shape index (κ1) is 24.6. The van der Waals surface area contributed by atoms with Crippen molar-refractivity contribution in [3.8, 4) is 11.4 Å². The van der Waals surface area contributed by atoms with Crippen molar-refractivity contribution in [1.29, 1.82) is 0 Å². The minimum atomic E-state index is 0.266. The summed E-state index contributed by atoms with van der Waals surface area (Å²) in [5, 5.41) is 13.8. The number of rotatable bonds is 5. The molecule has 0 radical (unpaired) electrons. The van der Waals surface area contributed by atoms with E-state index in [0.717, 1.165) is 72.9 Å². The number of nitrogens with one attached hydrogen (secondary N) is 1. The number of hydrogen-bond donors (Lipinski definition) is 1. The smallest absolute Gasteiger partial charge is 0.162 e. The van der Waals surface area contributed by atoms with Crippen molar-refractivity contribution in [2.24, 2.45) is 5.41 Å². The fraction of sp³-hybridized carbons (Fsp3) is 0.548. The third-order valence-electron chi connectivity index (χ3n) is 8.98. The van der Waals surface area contributed by atoms with Crippen LogP contribution in [0.15, 0.2) is 18.2 Å². The van der Waals surface area contributed by atoms with E-state index in [9.17, 15) is 0 Å². The summed E-state index contributed by atoms with van der Waals surface area (Å²) in [5.74, 6) is 3.86. The second kappa shape index (κ2) is 9.07. The zero-order valence-corrected chi connectivity index (χ0v) is 24.0. The van der Waals surface area contributed by atoms with Crippen molar-refractivity contribution in [1.82, 2.24) is 29.9 Å². The van der Waals surface area contributed by atoms with Gasteiger partial charge in [0.15, 0.2) is 5.82 Å². The van der Waals surface area contributed by atoms with E-state index in [4.69, 9.17) is 15.1 Å². The van der Waals surface area contributed by atoms with Crippen molar-refractivity contribution >= 4 is 22.5 Å².